The fourth-order valence-corrected chi connectivity index (χ4v) is 1.65. The summed E-state index contributed by atoms with van der Waals surface area (Å²) in [6.45, 7) is 2.96. The first-order valence-corrected chi connectivity index (χ1v) is 5.34. The lowest BCUT2D eigenvalue weighted by Crippen LogP contribution is -2.48. The molecule has 0 spiro atoms. The molecule has 1 amide bonds. The van der Waals surface area contributed by atoms with Crippen molar-refractivity contribution in [3.63, 3.8) is 0 Å². The van der Waals surface area contributed by atoms with Gasteiger partial charge in [0.2, 0.25) is 0 Å². The zero-order valence-electron chi connectivity index (χ0n) is 9.64. The number of amides is 1. The molecule has 0 saturated carbocycles. The highest BCUT2D eigenvalue weighted by Crippen LogP contribution is 2.12. The van der Waals surface area contributed by atoms with Crippen molar-refractivity contribution in [2.24, 2.45) is 5.73 Å². The van der Waals surface area contributed by atoms with Gasteiger partial charge in [-0.15, -0.1) is 0 Å². The number of nitrogens with two attached hydrogens (primary N) is 1. The quantitative estimate of drug-likeness (QED) is 0.501. The van der Waals surface area contributed by atoms with Crippen molar-refractivity contribution in [1.82, 2.24) is 4.90 Å². The maximum absolute atomic E-state index is 11.8. The Bertz CT molecular complexity index is 270. The van der Waals surface area contributed by atoms with Crippen molar-refractivity contribution in [2.45, 2.75) is 25.5 Å². The van der Waals surface area contributed by atoms with Crippen molar-refractivity contribution in [1.29, 1.82) is 0 Å². The summed E-state index contributed by atoms with van der Waals surface area (Å²) in [5.41, 5.74) is 5.51. The highest BCUT2D eigenvalue weighted by Gasteiger charge is 2.33. The lowest BCUT2D eigenvalue weighted by Gasteiger charge is -2.19. The van der Waals surface area contributed by atoms with Crippen LogP contribution in [0.4, 0.5) is 0 Å². The van der Waals surface area contributed by atoms with Gasteiger partial charge in [0, 0.05) is 20.2 Å². The van der Waals surface area contributed by atoms with Gasteiger partial charge in [-0.05, 0) is 13.3 Å². The minimum atomic E-state index is -1.21. The number of hydrogen-bond acceptors (Lipinski definition) is 5. The third kappa shape index (κ3) is 2.93. The molecule has 2 atom stereocenters. The van der Waals surface area contributed by atoms with Gasteiger partial charge in [-0.25, -0.2) is 4.79 Å². The SMILES string of the molecule is CCOC(=O)C(N)C(=O)N1CCC(OC)C1. The average Bonchev–Trinajstić information content (AvgIpc) is 2.75. The molecule has 1 aliphatic rings. The Morgan fingerprint density at radius 2 is 2.25 bits per heavy atom. The molecule has 1 saturated heterocycles. The van der Waals surface area contributed by atoms with Crippen LogP contribution >= 0.6 is 0 Å². The fourth-order valence-electron chi connectivity index (χ4n) is 1.65. The van der Waals surface area contributed by atoms with Gasteiger partial charge in [-0.1, -0.05) is 0 Å². The molecule has 6 nitrogen and oxygen atoms in total. The molecule has 0 radical (unpaired) electrons. The molecule has 1 fully saturated rings. The Morgan fingerprint density at radius 1 is 1.56 bits per heavy atom. The molecule has 0 aromatic rings. The van der Waals surface area contributed by atoms with Crippen LogP contribution < -0.4 is 5.73 Å². The number of carbonyl (C=O) groups excluding carboxylic acids is 2. The molecule has 1 aliphatic heterocycles. The summed E-state index contributed by atoms with van der Waals surface area (Å²) in [5.74, 6) is -1.06. The monoisotopic (exact) mass is 230 g/mol. The fraction of sp³-hybridized carbons (Fsp3) is 0.800. The molecule has 0 aromatic carbocycles. The van der Waals surface area contributed by atoms with Gasteiger partial charge < -0.3 is 20.1 Å². The summed E-state index contributed by atoms with van der Waals surface area (Å²) in [6, 6.07) is -1.21. The molecule has 0 aromatic heterocycles. The van der Waals surface area contributed by atoms with Gasteiger partial charge >= 0.3 is 5.97 Å². The van der Waals surface area contributed by atoms with Gasteiger partial charge in [0.05, 0.1) is 12.7 Å². The minimum Gasteiger partial charge on any atom is -0.464 e. The van der Waals surface area contributed by atoms with Crippen molar-refractivity contribution < 1.29 is 19.1 Å². The Labute approximate surface area is 94.7 Å². The molecule has 6 heteroatoms. The molecule has 1 heterocycles. The first kappa shape index (κ1) is 12.9. The Kier molecular flexibility index (Phi) is 4.70. The van der Waals surface area contributed by atoms with Crippen LogP contribution in [0.3, 0.4) is 0 Å². The van der Waals surface area contributed by atoms with Crippen molar-refractivity contribution in [3.05, 3.63) is 0 Å². The van der Waals surface area contributed by atoms with Crippen molar-refractivity contribution in [2.75, 3.05) is 26.8 Å². The van der Waals surface area contributed by atoms with Crippen LogP contribution in [-0.4, -0.2) is 55.7 Å². The standard InChI is InChI=1S/C10H18N2O4/c1-3-16-10(14)8(11)9(13)12-5-4-7(6-12)15-2/h7-8H,3-6,11H2,1-2H3. The molecule has 2 unspecified atom stereocenters. The van der Waals surface area contributed by atoms with Crippen LogP contribution in [0.2, 0.25) is 0 Å². The smallest absolute Gasteiger partial charge is 0.332 e. The number of methoxy groups -OCH3 is 1. The maximum atomic E-state index is 11.8. The molecule has 92 valence electrons. The second-order valence-corrected chi connectivity index (χ2v) is 3.66. The van der Waals surface area contributed by atoms with E-state index in [2.05, 4.69) is 0 Å². The minimum absolute atomic E-state index is 0.0401. The number of ether oxygens (including phenoxy) is 2. The molecular weight excluding hydrogens is 212 g/mol. The number of likely N-dealkylation sites (tertiary alicyclic amines) is 1. The summed E-state index contributed by atoms with van der Waals surface area (Å²) in [6.07, 6.45) is 0.816. The zero-order valence-corrected chi connectivity index (χ0v) is 9.64. The zero-order chi connectivity index (χ0) is 12.1. The second-order valence-electron chi connectivity index (χ2n) is 3.66. The number of rotatable bonds is 4. The van der Waals surface area contributed by atoms with Crippen LogP contribution in [0.1, 0.15) is 13.3 Å². The van der Waals surface area contributed by atoms with Crippen molar-refractivity contribution >= 4 is 11.9 Å². The third-order valence-corrected chi connectivity index (χ3v) is 2.60. The first-order chi connectivity index (χ1) is 7.60. The highest BCUT2D eigenvalue weighted by atomic mass is 16.5. The topological polar surface area (TPSA) is 81.9 Å². The van der Waals surface area contributed by atoms with Gasteiger partial charge in [-0.2, -0.15) is 0 Å². The molecule has 16 heavy (non-hydrogen) atoms. The third-order valence-electron chi connectivity index (χ3n) is 2.60. The van der Waals surface area contributed by atoms with Gasteiger partial charge in [0.1, 0.15) is 0 Å². The van der Waals surface area contributed by atoms with Crippen LogP contribution in [0.15, 0.2) is 0 Å². The van der Waals surface area contributed by atoms with E-state index in [9.17, 15) is 9.59 Å². The Hall–Kier alpha value is -1.14. The second kappa shape index (κ2) is 5.81. The molecule has 1 rings (SSSR count). The van der Waals surface area contributed by atoms with E-state index in [1.807, 2.05) is 0 Å². The van der Waals surface area contributed by atoms with Gasteiger partial charge in [0.15, 0.2) is 6.04 Å². The van der Waals surface area contributed by atoms with Crippen LogP contribution in [0.5, 0.6) is 0 Å². The predicted octanol–water partition coefficient (Wildman–Crippen LogP) is -0.876. The summed E-state index contributed by atoms with van der Waals surface area (Å²) < 4.78 is 9.82. The van der Waals surface area contributed by atoms with E-state index < -0.39 is 17.9 Å². The molecule has 0 aliphatic carbocycles. The first-order valence-electron chi connectivity index (χ1n) is 5.34. The van der Waals surface area contributed by atoms with E-state index >= 15 is 0 Å². The van der Waals surface area contributed by atoms with E-state index in [-0.39, 0.29) is 12.7 Å². The number of carbonyl (C=O) groups is 2. The summed E-state index contributed by atoms with van der Waals surface area (Å²) >= 11 is 0. The van der Waals surface area contributed by atoms with E-state index in [0.29, 0.717) is 13.1 Å². The Morgan fingerprint density at radius 3 is 2.75 bits per heavy atom. The lowest BCUT2D eigenvalue weighted by atomic mass is 10.3. The Balaban J connectivity index is 2.48. The van der Waals surface area contributed by atoms with E-state index in [0.717, 1.165) is 6.42 Å². The van der Waals surface area contributed by atoms with Gasteiger partial charge in [0.25, 0.3) is 5.91 Å². The largest absolute Gasteiger partial charge is 0.464 e. The molecule has 2 N–H and O–H groups in total. The molecule has 0 bridgehead atoms. The van der Waals surface area contributed by atoms with E-state index in [1.165, 1.54) is 4.90 Å². The predicted molar refractivity (Wildman–Crippen MR) is 56.6 cm³/mol. The summed E-state index contributed by atoms with van der Waals surface area (Å²) in [7, 11) is 1.60. The van der Waals surface area contributed by atoms with Crippen LogP contribution in [0, 0.1) is 0 Å². The maximum Gasteiger partial charge on any atom is 0.332 e. The molecular formula is C10H18N2O4. The van der Waals surface area contributed by atoms with Crippen LogP contribution in [0.25, 0.3) is 0 Å². The lowest BCUT2D eigenvalue weighted by molar-refractivity contribution is -0.150. The van der Waals surface area contributed by atoms with Crippen LogP contribution in [-0.2, 0) is 19.1 Å². The summed E-state index contributed by atoms with van der Waals surface area (Å²) in [5, 5.41) is 0. The average molecular weight is 230 g/mol. The van der Waals surface area contributed by atoms with Crippen molar-refractivity contribution in [3.8, 4) is 0 Å². The number of nitrogens with zero attached hydrogens (tertiary/aromatic N) is 1. The summed E-state index contributed by atoms with van der Waals surface area (Å²) in [4.78, 5) is 24.6. The highest BCUT2D eigenvalue weighted by molar-refractivity contribution is 6.01. The van der Waals surface area contributed by atoms with E-state index in [1.54, 1.807) is 14.0 Å². The number of hydrogen-bond donors (Lipinski definition) is 1. The number of esters is 1. The van der Waals surface area contributed by atoms with Gasteiger partial charge in [-0.3, -0.25) is 4.79 Å². The van der Waals surface area contributed by atoms with E-state index in [4.69, 9.17) is 15.2 Å². The normalized spacial score (nSPS) is 21.9.